The lowest BCUT2D eigenvalue weighted by Crippen LogP contribution is -2.69. The molecule has 9 rings (SSSR count). The first kappa shape index (κ1) is 57.4. The molecule has 13 heteroatoms. The number of benzene rings is 7. The van der Waals surface area contributed by atoms with Gasteiger partial charge in [0, 0.05) is 0 Å². The van der Waals surface area contributed by atoms with Crippen LogP contribution in [-0.4, -0.2) is 102 Å². The number of rotatable bonds is 26. The van der Waals surface area contributed by atoms with Gasteiger partial charge in [-0.05, 0) is 61.9 Å². The normalized spacial score (nSPS) is 23.4. The second-order valence-electron chi connectivity index (χ2n) is 20.8. The van der Waals surface area contributed by atoms with Crippen molar-refractivity contribution in [2.24, 2.45) is 0 Å². The summed E-state index contributed by atoms with van der Waals surface area (Å²) in [5, 5.41) is 14.5. The molecule has 0 bridgehead atoms. The van der Waals surface area contributed by atoms with E-state index in [1.54, 1.807) is 13.2 Å². The van der Waals surface area contributed by atoms with E-state index in [0.717, 1.165) is 32.6 Å². The molecule has 0 aliphatic carbocycles. The Morgan fingerprint density at radius 2 is 0.911 bits per heavy atom. The van der Waals surface area contributed by atoms with Crippen molar-refractivity contribution >= 4 is 18.7 Å². The fourth-order valence-electron chi connectivity index (χ4n) is 10.4. The lowest BCUT2D eigenvalue weighted by molar-refractivity contribution is -0.367. The quantitative estimate of drug-likeness (QED) is 0.0410. The molecule has 0 aromatic heterocycles. The van der Waals surface area contributed by atoms with Crippen LogP contribution < -0.4 is 19.8 Å². The number of aliphatic hydroxyl groups excluding tert-OH is 1. The van der Waals surface area contributed by atoms with Crippen molar-refractivity contribution in [3.8, 4) is 11.5 Å². The first-order valence-electron chi connectivity index (χ1n) is 27.1. The number of hydrogen-bond acceptors (Lipinski definition) is 12. The molecule has 0 amide bonds. The Balaban J connectivity index is 1.14. The summed E-state index contributed by atoms with van der Waals surface area (Å²) < 4.78 is 75.9. The molecular weight excluding hydrogens is 1010 g/mol. The standard InChI is InChI=1S/C66H74O12Si/c1-6-41-70-60-58(67)56(47-74-79(66(2,3)4,54-33-21-11-22-34-54)55-35-23-12-24-36-55)76-65(62(60)72-44-50-29-17-9-18-30-50)78-59-57(46-69-42-48-25-13-7-14-26-48)77-64(75-53-39-37-52(68-5)38-40-53)63(73-45-51-31-19-10-20-32-51)61(59)71-43-49-27-15-8-16-28-49/h6-40,56-65,67H,1,41-47H2,2-5H3/t56-,57-,58+,59-,60+,61+,62-,63-,64-,65+/m1/s1. The minimum absolute atomic E-state index is 0.0209. The smallest absolute Gasteiger partial charge is 0.261 e. The molecule has 79 heavy (non-hydrogen) atoms. The minimum atomic E-state index is -3.16. The van der Waals surface area contributed by atoms with Crippen LogP contribution in [0.1, 0.15) is 43.0 Å². The molecule has 0 unspecified atom stereocenters. The summed E-state index contributed by atoms with van der Waals surface area (Å²) in [6.45, 7) is 11.6. The van der Waals surface area contributed by atoms with Gasteiger partial charge in [-0.15, -0.1) is 6.58 Å². The molecule has 2 saturated heterocycles. The van der Waals surface area contributed by atoms with Crippen molar-refractivity contribution in [1.82, 2.24) is 0 Å². The van der Waals surface area contributed by atoms with E-state index < -0.39 is 69.7 Å². The zero-order valence-electron chi connectivity index (χ0n) is 45.6. The zero-order chi connectivity index (χ0) is 54.9. The fraction of sp³-hybridized carbons (Fsp3) is 0.333. The Morgan fingerprint density at radius 1 is 0.481 bits per heavy atom. The molecule has 10 atom stereocenters. The summed E-state index contributed by atoms with van der Waals surface area (Å²) in [6.07, 6.45) is -8.54. The van der Waals surface area contributed by atoms with Gasteiger partial charge in [-0.3, -0.25) is 0 Å². The molecule has 0 spiro atoms. The number of aliphatic hydroxyl groups is 1. The monoisotopic (exact) mass is 1090 g/mol. The SMILES string of the molecule is C=CCO[C@H]1[C@@H](O)[C@@H](CO[Si](c2ccccc2)(c2ccccc2)C(C)(C)C)O[C@@H](O[C@H]2[C@H](OCc3ccccc3)[C@@H](OCc3ccccc3)[C@H](Oc3ccc(OC)cc3)O[C@@H]2COCc2ccccc2)[C@@H]1OCc1ccccc1. The number of methoxy groups -OCH3 is 1. The van der Waals surface area contributed by atoms with Gasteiger partial charge in [0.1, 0.15) is 60.3 Å². The van der Waals surface area contributed by atoms with E-state index >= 15 is 0 Å². The predicted molar refractivity (Wildman–Crippen MR) is 306 cm³/mol. The van der Waals surface area contributed by atoms with Crippen molar-refractivity contribution < 1.29 is 56.9 Å². The number of ether oxygens (including phenoxy) is 10. The molecule has 1 N–H and O–H groups in total. The molecule has 7 aromatic rings. The van der Waals surface area contributed by atoms with Crippen LogP contribution in [0.3, 0.4) is 0 Å². The first-order valence-corrected chi connectivity index (χ1v) is 29.0. The topological polar surface area (TPSA) is 122 Å². The second kappa shape index (κ2) is 28.2. The van der Waals surface area contributed by atoms with Crippen molar-refractivity contribution in [3.63, 3.8) is 0 Å². The molecule has 2 fully saturated rings. The van der Waals surface area contributed by atoms with Gasteiger partial charge in [-0.25, -0.2) is 0 Å². The van der Waals surface area contributed by atoms with Gasteiger partial charge in [-0.1, -0.05) is 209 Å². The Morgan fingerprint density at radius 3 is 1.38 bits per heavy atom. The van der Waals surface area contributed by atoms with Crippen molar-refractivity contribution in [1.29, 1.82) is 0 Å². The maximum Gasteiger partial charge on any atom is 0.261 e. The summed E-state index contributed by atoms with van der Waals surface area (Å²) in [5.74, 6) is 1.19. The van der Waals surface area contributed by atoms with Gasteiger partial charge in [-0.2, -0.15) is 0 Å². The van der Waals surface area contributed by atoms with Crippen LogP contribution in [0.25, 0.3) is 0 Å². The molecule has 2 heterocycles. The van der Waals surface area contributed by atoms with Crippen LogP contribution in [0.4, 0.5) is 0 Å². The van der Waals surface area contributed by atoms with Gasteiger partial charge in [0.25, 0.3) is 8.32 Å². The maximum absolute atomic E-state index is 12.8. The summed E-state index contributed by atoms with van der Waals surface area (Å²) in [5.41, 5.74) is 3.75. The molecular formula is C66H74O12Si. The van der Waals surface area contributed by atoms with Crippen LogP contribution in [0.2, 0.25) is 5.04 Å². The van der Waals surface area contributed by atoms with Crippen molar-refractivity contribution in [2.75, 3.05) is 26.9 Å². The summed E-state index contributed by atoms with van der Waals surface area (Å²) in [6, 6.07) is 67.7. The fourth-order valence-corrected chi connectivity index (χ4v) is 15.0. The van der Waals surface area contributed by atoms with E-state index in [1.807, 2.05) is 182 Å². The average molecular weight is 1090 g/mol. The van der Waals surface area contributed by atoms with E-state index in [9.17, 15) is 5.11 Å². The Bertz CT molecular complexity index is 2810. The predicted octanol–water partition coefficient (Wildman–Crippen LogP) is 10.4. The van der Waals surface area contributed by atoms with Crippen molar-refractivity contribution in [3.05, 3.63) is 241 Å². The number of hydrogen-bond donors (Lipinski definition) is 1. The van der Waals surface area contributed by atoms with Gasteiger partial charge in [0.15, 0.2) is 6.29 Å². The third-order valence-electron chi connectivity index (χ3n) is 14.3. The highest BCUT2D eigenvalue weighted by Gasteiger charge is 2.56. The van der Waals surface area contributed by atoms with Crippen LogP contribution in [-0.2, 0) is 68.7 Å². The highest BCUT2D eigenvalue weighted by atomic mass is 28.4. The summed E-state index contributed by atoms with van der Waals surface area (Å²) in [4.78, 5) is 0. The molecule has 0 saturated carbocycles. The molecule has 7 aromatic carbocycles. The van der Waals surface area contributed by atoms with Crippen molar-refractivity contribution in [2.45, 2.75) is 114 Å². The molecule has 414 valence electrons. The van der Waals surface area contributed by atoms with E-state index in [0.29, 0.717) is 11.5 Å². The van der Waals surface area contributed by atoms with Crippen LogP contribution in [0.15, 0.2) is 219 Å². The average Bonchev–Trinajstić information content (AvgIpc) is 3.67. The second-order valence-corrected chi connectivity index (χ2v) is 25.1. The molecule has 12 nitrogen and oxygen atoms in total. The third-order valence-corrected chi connectivity index (χ3v) is 19.4. The van der Waals surface area contributed by atoms with E-state index in [4.69, 9.17) is 51.8 Å². The lowest BCUT2D eigenvalue weighted by atomic mass is 9.96. The van der Waals surface area contributed by atoms with Gasteiger partial charge in [0.05, 0.1) is 53.4 Å². The first-order chi connectivity index (χ1) is 38.6. The van der Waals surface area contributed by atoms with E-state index in [2.05, 4.69) is 51.6 Å². The highest BCUT2D eigenvalue weighted by molar-refractivity contribution is 6.99. The van der Waals surface area contributed by atoms with Crippen LogP contribution in [0.5, 0.6) is 11.5 Å². The Hall–Kier alpha value is -6.30. The summed E-state index contributed by atoms with van der Waals surface area (Å²) >= 11 is 0. The minimum Gasteiger partial charge on any atom is -0.497 e. The van der Waals surface area contributed by atoms with E-state index in [-0.39, 0.29) is 51.3 Å². The van der Waals surface area contributed by atoms with Gasteiger partial charge in [0.2, 0.25) is 6.29 Å². The lowest BCUT2D eigenvalue weighted by Gasteiger charge is -2.50. The Kier molecular flexibility index (Phi) is 20.5. The summed E-state index contributed by atoms with van der Waals surface area (Å²) in [7, 11) is -1.54. The maximum atomic E-state index is 12.8. The van der Waals surface area contributed by atoms with Crippen LogP contribution >= 0.6 is 0 Å². The Labute approximate surface area is 466 Å². The van der Waals surface area contributed by atoms with Gasteiger partial charge < -0.3 is 56.9 Å². The highest BCUT2D eigenvalue weighted by Crippen LogP contribution is 2.40. The van der Waals surface area contributed by atoms with Crippen LogP contribution in [0, 0.1) is 0 Å². The molecule has 2 aliphatic heterocycles. The third kappa shape index (κ3) is 14.7. The largest absolute Gasteiger partial charge is 0.497 e. The zero-order valence-corrected chi connectivity index (χ0v) is 46.6. The van der Waals surface area contributed by atoms with E-state index in [1.165, 1.54) is 0 Å². The van der Waals surface area contributed by atoms with Gasteiger partial charge >= 0.3 is 0 Å². The molecule has 0 radical (unpaired) electrons. The molecule has 2 aliphatic rings.